The van der Waals surface area contributed by atoms with Crippen LogP contribution in [-0.4, -0.2) is 48.4 Å². The number of hydrogen-bond acceptors (Lipinski definition) is 4. The number of nitrogens with one attached hydrogen (secondary N) is 1. The van der Waals surface area contributed by atoms with E-state index in [9.17, 15) is 0 Å². The summed E-state index contributed by atoms with van der Waals surface area (Å²) in [7, 11) is 5.52. The van der Waals surface area contributed by atoms with Crippen LogP contribution >= 0.6 is 11.3 Å². The normalized spacial score (nSPS) is 11.4. The van der Waals surface area contributed by atoms with E-state index in [2.05, 4.69) is 44.9 Å². The number of hydrogen-bond donors (Lipinski definition) is 1. The van der Waals surface area contributed by atoms with Crippen molar-refractivity contribution in [2.24, 2.45) is 4.99 Å². The molecule has 0 unspecified atom stereocenters. The van der Waals surface area contributed by atoms with Crippen molar-refractivity contribution in [3.8, 4) is 11.4 Å². The first-order chi connectivity index (χ1) is 13.2. The highest BCUT2D eigenvalue weighted by atomic mass is 32.1. The summed E-state index contributed by atoms with van der Waals surface area (Å²) in [4.78, 5) is 7.90. The third-order valence-corrected chi connectivity index (χ3v) is 5.19. The van der Waals surface area contributed by atoms with Crippen molar-refractivity contribution in [1.82, 2.24) is 20.0 Å². The number of ether oxygens (including phenoxy) is 1. The molecule has 6 nitrogen and oxygen atoms in total. The van der Waals surface area contributed by atoms with Gasteiger partial charge >= 0.3 is 0 Å². The molecule has 3 rings (SSSR count). The van der Waals surface area contributed by atoms with Crippen LogP contribution < -0.4 is 10.1 Å². The van der Waals surface area contributed by atoms with E-state index in [1.807, 2.05) is 41.2 Å². The van der Waals surface area contributed by atoms with Crippen molar-refractivity contribution < 1.29 is 4.74 Å². The van der Waals surface area contributed by atoms with Crippen LogP contribution in [0.25, 0.3) is 5.69 Å². The van der Waals surface area contributed by atoms with Crippen molar-refractivity contribution in [1.29, 1.82) is 0 Å². The zero-order valence-electron chi connectivity index (χ0n) is 15.9. The second kappa shape index (κ2) is 9.23. The van der Waals surface area contributed by atoms with Crippen molar-refractivity contribution in [3.05, 3.63) is 64.6 Å². The van der Waals surface area contributed by atoms with Gasteiger partial charge in [-0.2, -0.15) is 5.10 Å². The minimum Gasteiger partial charge on any atom is -0.497 e. The lowest BCUT2D eigenvalue weighted by atomic mass is 10.3. The molecular formula is C20H25N5OS. The number of benzene rings is 1. The number of aromatic nitrogens is 2. The van der Waals surface area contributed by atoms with Gasteiger partial charge in [0.25, 0.3) is 0 Å². The molecule has 0 aliphatic heterocycles. The monoisotopic (exact) mass is 383 g/mol. The molecule has 2 aromatic heterocycles. The highest BCUT2D eigenvalue weighted by Crippen LogP contribution is 2.14. The summed E-state index contributed by atoms with van der Waals surface area (Å²) in [6, 6.07) is 14.1. The molecule has 0 amide bonds. The van der Waals surface area contributed by atoms with E-state index in [1.165, 1.54) is 4.88 Å². The molecule has 7 heteroatoms. The van der Waals surface area contributed by atoms with E-state index in [-0.39, 0.29) is 0 Å². The summed E-state index contributed by atoms with van der Waals surface area (Å²) in [5.74, 6) is 1.70. The topological polar surface area (TPSA) is 54.7 Å². The van der Waals surface area contributed by atoms with Gasteiger partial charge in [-0.15, -0.1) is 11.3 Å². The Hall–Kier alpha value is -2.80. The van der Waals surface area contributed by atoms with Gasteiger partial charge in [0.05, 0.1) is 25.0 Å². The molecular weight excluding hydrogens is 358 g/mol. The Morgan fingerprint density at radius 2 is 2.07 bits per heavy atom. The predicted molar refractivity (Wildman–Crippen MR) is 111 cm³/mol. The van der Waals surface area contributed by atoms with E-state index < -0.39 is 0 Å². The number of methoxy groups -OCH3 is 1. The second-order valence-corrected chi connectivity index (χ2v) is 7.13. The Morgan fingerprint density at radius 3 is 2.74 bits per heavy atom. The summed E-state index contributed by atoms with van der Waals surface area (Å²) in [5.41, 5.74) is 1.96. The van der Waals surface area contributed by atoms with Crippen LogP contribution in [0.2, 0.25) is 0 Å². The Bertz CT molecular complexity index is 855. The first-order valence-corrected chi connectivity index (χ1v) is 9.70. The van der Waals surface area contributed by atoms with Gasteiger partial charge in [0.2, 0.25) is 0 Å². The van der Waals surface area contributed by atoms with E-state index in [0.29, 0.717) is 6.54 Å². The van der Waals surface area contributed by atoms with Gasteiger partial charge in [-0.25, -0.2) is 4.68 Å². The maximum absolute atomic E-state index is 5.20. The van der Waals surface area contributed by atoms with Crippen LogP contribution in [0.5, 0.6) is 5.75 Å². The molecule has 1 aromatic carbocycles. The number of aliphatic imine (C=N–C) groups is 1. The van der Waals surface area contributed by atoms with Gasteiger partial charge in [0.1, 0.15) is 5.75 Å². The van der Waals surface area contributed by atoms with E-state index >= 15 is 0 Å². The Labute approximate surface area is 164 Å². The van der Waals surface area contributed by atoms with Crippen LogP contribution in [-0.2, 0) is 13.0 Å². The molecule has 0 spiro atoms. The van der Waals surface area contributed by atoms with Crippen LogP contribution in [0.4, 0.5) is 0 Å². The number of rotatable bonds is 7. The van der Waals surface area contributed by atoms with Gasteiger partial charge < -0.3 is 15.0 Å². The minimum absolute atomic E-state index is 0.624. The van der Waals surface area contributed by atoms with E-state index in [1.54, 1.807) is 25.5 Å². The maximum Gasteiger partial charge on any atom is 0.193 e. The summed E-state index contributed by atoms with van der Waals surface area (Å²) >= 11 is 1.79. The third kappa shape index (κ3) is 5.10. The number of likely N-dealkylation sites (N-methyl/N-ethyl adjacent to an activating group) is 1. The van der Waals surface area contributed by atoms with Crippen molar-refractivity contribution in [3.63, 3.8) is 0 Å². The van der Waals surface area contributed by atoms with E-state index in [4.69, 9.17) is 4.74 Å². The third-order valence-electron chi connectivity index (χ3n) is 4.26. The van der Waals surface area contributed by atoms with Gasteiger partial charge in [0.15, 0.2) is 5.96 Å². The molecule has 0 saturated carbocycles. The zero-order chi connectivity index (χ0) is 19.1. The fraction of sp³-hybridized carbons (Fsp3) is 0.300. The largest absolute Gasteiger partial charge is 0.497 e. The molecule has 0 atom stereocenters. The molecule has 0 radical (unpaired) electrons. The quantitative estimate of drug-likeness (QED) is 0.503. The molecule has 1 N–H and O–H groups in total. The lowest BCUT2D eigenvalue weighted by molar-refractivity contribution is 0.414. The Kier molecular flexibility index (Phi) is 6.49. The Balaban J connectivity index is 1.54. The molecule has 0 bridgehead atoms. The van der Waals surface area contributed by atoms with Gasteiger partial charge in [0, 0.05) is 31.7 Å². The molecule has 3 aromatic rings. The second-order valence-electron chi connectivity index (χ2n) is 6.10. The highest BCUT2D eigenvalue weighted by molar-refractivity contribution is 7.09. The number of guanidine groups is 1. The maximum atomic E-state index is 5.20. The van der Waals surface area contributed by atoms with Crippen LogP contribution in [0.15, 0.2) is 59.0 Å². The molecule has 27 heavy (non-hydrogen) atoms. The fourth-order valence-electron chi connectivity index (χ4n) is 2.73. The first-order valence-electron chi connectivity index (χ1n) is 8.82. The number of thiophene rings is 1. The van der Waals surface area contributed by atoms with Gasteiger partial charge in [-0.05, 0) is 48.2 Å². The predicted octanol–water partition coefficient (Wildman–Crippen LogP) is 3.19. The zero-order valence-corrected chi connectivity index (χ0v) is 16.7. The highest BCUT2D eigenvalue weighted by Gasteiger charge is 2.08. The average molecular weight is 384 g/mol. The minimum atomic E-state index is 0.624. The summed E-state index contributed by atoms with van der Waals surface area (Å²) in [6.45, 7) is 1.54. The van der Waals surface area contributed by atoms with Crippen molar-refractivity contribution in [2.45, 2.75) is 13.0 Å². The van der Waals surface area contributed by atoms with E-state index in [0.717, 1.165) is 36.1 Å². The lowest BCUT2D eigenvalue weighted by Gasteiger charge is -2.21. The Morgan fingerprint density at radius 1 is 1.26 bits per heavy atom. The summed E-state index contributed by atoms with van der Waals surface area (Å²) < 4.78 is 7.06. The molecule has 142 valence electrons. The average Bonchev–Trinajstić information content (AvgIpc) is 3.39. The molecule has 0 fully saturated rings. The number of nitrogens with zero attached hydrogens (tertiary/aromatic N) is 4. The summed E-state index contributed by atoms with van der Waals surface area (Å²) in [6.07, 6.45) is 2.98. The van der Waals surface area contributed by atoms with Gasteiger partial charge in [-0.3, -0.25) is 4.99 Å². The molecule has 0 saturated heterocycles. The molecule has 2 heterocycles. The van der Waals surface area contributed by atoms with Crippen LogP contribution in [0, 0.1) is 0 Å². The van der Waals surface area contributed by atoms with Crippen LogP contribution in [0.3, 0.4) is 0 Å². The van der Waals surface area contributed by atoms with Crippen LogP contribution in [0.1, 0.15) is 10.6 Å². The fourth-order valence-corrected chi connectivity index (χ4v) is 3.43. The lowest BCUT2D eigenvalue weighted by Crippen LogP contribution is -2.39. The smallest absolute Gasteiger partial charge is 0.193 e. The standard InChI is InChI=1S/C20H25N5OS/c1-21-20(24(2)12-11-19-5-4-14-27-19)22-15-16-10-13-25(23-16)17-6-8-18(26-3)9-7-17/h4-10,13-14H,11-12,15H2,1-3H3,(H,21,22). The van der Waals surface area contributed by atoms with Crippen molar-refractivity contribution >= 4 is 17.3 Å². The van der Waals surface area contributed by atoms with Crippen molar-refractivity contribution in [2.75, 3.05) is 27.7 Å². The molecule has 0 aliphatic rings. The molecule has 0 aliphatic carbocycles. The summed E-state index contributed by atoms with van der Waals surface area (Å²) in [5, 5.41) is 10.1. The first kappa shape index (κ1) is 19.0. The van der Waals surface area contributed by atoms with Gasteiger partial charge in [-0.1, -0.05) is 6.07 Å². The SMILES string of the molecule is CN=C(NCc1ccn(-c2ccc(OC)cc2)n1)N(C)CCc1cccs1.